The van der Waals surface area contributed by atoms with Crippen molar-refractivity contribution >= 4 is 0 Å². The van der Waals surface area contributed by atoms with E-state index in [0.29, 0.717) is 6.42 Å². The third kappa shape index (κ3) is 8.32. The van der Waals surface area contributed by atoms with E-state index in [2.05, 4.69) is 10.6 Å². The summed E-state index contributed by atoms with van der Waals surface area (Å²) < 4.78 is 17.9. The summed E-state index contributed by atoms with van der Waals surface area (Å²) in [7, 11) is 0. The first kappa shape index (κ1) is 35.8. The summed E-state index contributed by atoms with van der Waals surface area (Å²) in [5, 5.41) is 89.0. The first-order valence-corrected chi connectivity index (χ1v) is 14.6. The number of ether oxygens (including phenoxy) is 3. The van der Waals surface area contributed by atoms with Gasteiger partial charge in [-0.1, -0.05) is 0 Å². The van der Waals surface area contributed by atoms with Gasteiger partial charge >= 0.3 is 0 Å². The van der Waals surface area contributed by atoms with Crippen LogP contribution in [0.5, 0.6) is 0 Å². The zero-order valence-electron chi connectivity index (χ0n) is 23.7. The number of nitrogens with one attached hydrogen (secondary N) is 2. The molecule has 18 N–H and O–H groups in total. The molecule has 2 aliphatic heterocycles. The van der Waals surface area contributed by atoms with Crippen LogP contribution in [0.3, 0.4) is 0 Å². The van der Waals surface area contributed by atoms with E-state index in [9.17, 15) is 40.9 Å². The highest BCUT2D eigenvalue weighted by Crippen LogP contribution is 2.37. The Hall–Kier alpha value is -0.680. The van der Waals surface area contributed by atoms with E-state index in [0.717, 1.165) is 0 Å². The molecule has 2 heterocycles. The molecule has 1 aliphatic carbocycles. The lowest BCUT2D eigenvalue weighted by molar-refractivity contribution is -0.307. The van der Waals surface area contributed by atoms with Crippen molar-refractivity contribution in [1.82, 2.24) is 10.6 Å². The van der Waals surface area contributed by atoms with Crippen LogP contribution in [0.4, 0.5) is 0 Å². The third-order valence-corrected chi connectivity index (χ3v) is 8.65. The number of aliphatic hydroxyl groups is 8. The molecule has 248 valence electrons. The van der Waals surface area contributed by atoms with Gasteiger partial charge in [-0.15, -0.1) is 0 Å². The van der Waals surface area contributed by atoms with Gasteiger partial charge in [-0.25, -0.2) is 0 Å². The van der Waals surface area contributed by atoms with E-state index in [1.807, 2.05) is 0 Å². The predicted octanol–water partition coefficient (Wildman–Crippen LogP) is -7.70. The number of aliphatic hydroxyl groups excluding tert-OH is 8. The molecule has 3 fully saturated rings. The minimum atomic E-state index is -1.53. The van der Waals surface area contributed by atoms with Gasteiger partial charge in [-0.05, 0) is 25.8 Å². The monoisotopic (exact) mass is 612 g/mol. The summed E-state index contributed by atoms with van der Waals surface area (Å²) >= 11 is 0. The van der Waals surface area contributed by atoms with Crippen LogP contribution in [0, 0.1) is 5.92 Å². The Bertz CT molecular complexity index is 789. The van der Waals surface area contributed by atoms with E-state index in [1.165, 1.54) is 0 Å². The maximum Gasteiger partial charge on any atom is 0.186 e. The third-order valence-electron chi connectivity index (χ3n) is 8.65. The highest BCUT2D eigenvalue weighted by molar-refractivity contribution is 5.07. The zero-order valence-corrected chi connectivity index (χ0v) is 23.7. The van der Waals surface area contributed by atoms with Crippen LogP contribution in [0.25, 0.3) is 0 Å². The fourth-order valence-corrected chi connectivity index (χ4v) is 6.21. The Balaban J connectivity index is 1.91. The second kappa shape index (κ2) is 16.6. The van der Waals surface area contributed by atoms with Gasteiger partial charge in [0.05, 0.1) is 62.4 Å². The Morgan fingerprint density at radius 3 is 2.17 bits per heavy atom. The molecule has 0 radical (unpaired) electrons. The first-order valence-electron chi connectivity index (χ1n) is 14.6. The summed E-state index contributed by atoms with van der Waals surface area (Å²) in [4.78, 5) is 0. The molecule has 1 saturated carbocycles. The van der Waals surface area contributed by atoms with E-state index in [4.69, 9.17) is 37.1 Å². The van der Waals surface area contributed by atoms with Crippen LogP contribution in [-0.4, -0.2) is 172 Å². The van der Waals surface area contributed by atoms with Gasteiger partial charge in [0.1, 0.15) is 24.4 Å². The number of rotatable bonds is 14. The molecule has 15 atom stereocenters. The molecule has 42 heavy (non-hydrogen) atoms. The molecule has 3 rings (SSSR count). The van der Waals surface area contributed by atoms with Crippen molar-refractivity contribution in [2.24, 2.45) is 28.9 Å². The smallest absolute Gasteiger partial charge is 0.186 e. The molecule has 15 unspecified atom stereocenters. The van der Waals surface area contributed by atoms with Crippen LogP contribution in [0.2, 0.25) is 0 Å². The maximum atomic E-state index is 11.8. The van der Waals surface area contributed by atoms with E-state index >= 15 is 0 Å². The van der Waals surface area contributed by atoms with Crippen molar-refractivity contribution in [3.63, 3.8) is 0 Å². The minimum Gasteiger partial charge on any atom is -0.395 e. The van der Waals surface area contributed by atoms with Crippen LogP contribution < -0.4 is 33.6 Å². The van der Waals surface area contributed by atoms with Crippen molar-refractivity contribution in [3.05, 3.63) is 0 Å². The van der Waals surface area contributed by atoms with Gasteiger partial charge in [0.25, 0.3) is 0 Å². The molecular weight excluding hydrogens is 560 g/mol. The fourth-order valence-electron chi connectivity index (χ4n) is 6.21. The SMILES string of the molecule is NCCC(O)CNC1CC(O)C(CN)OC1C1C(N)CC(NC(CO)CO)C(OC2OC(CO)C(O)C(N)C2O)C1O. The lowest BCUT2D eigenvalue weighted by Gasteiger charge is -2.52. The van der Waals surface area contributed by atoms with Gasteiger partial charge in [0.2, 0.25) is 0 Å². The van der Waals surface area contributed by atoms with Crippen LogP contribution in [-0.2, 0) is 14.2 Å². The summed E-state index contributed by atoms with van der Waals surface area (Å²) in [6.07, 6.45) is -10.6. The number of hydrogen-bond donors (Lipinski definition) is 14. The fraction of sp³-hybridized carbons (Fsp3) is 1.00. The molecule has 0 aromatic carbocycles. The lowest BCUT2D eigenvalue weighted by Crippen LogP contribution is -2.70. The average Bonchev–Trinajstić information content (AvgIpc) is 2.97. The van der Waals surface area contributed by atoms with E-state index in [1.54, 1.807) is 0 Å². The first-order chi connectivity index (χ1) is 20.0. The summed E-state index contributed by atoms with van der Waals surface area (Å²) in [5.74, 6) is -0.825. The van der Waals surface area contributed by atoms with Gasteiger partial charge in [0.15, 0.2) is 6.29 Å². The molecule has 2 saturated heterocycles. The topological polar surface area (TPSA) is 318 Å². The number of hydrogen-bond acceptors (Lipinski definition) is 17. The molecule has 0 bridgehead atoms. The van der Waals surface area contributed by atoms with Crippen molar-refractivity contribution in [2.75, 3.05) is 39.5 Å². The van der Waals surface area contributed by atoms with Crippen molar-refractivity contribution in [2.45, 2.75) is 111 Å². The predicted molar refractivity (Wildman–Crippen MR) is 147 cm³/mol. The van der Waals surface area contributed by atoms with E-state index in [-0.39, 0.29) is 32.5 Å². The van der Waals surface area contributed by atoms with Crippen LogP contribution in [0.15, 0.2) is 0 Å². The molecule has 17 nitrogen and oxygen atoms in total. The molecule has 3 aliphatic rings. The normalized spacial score (nSPS) is 43.9. The van der Waals surface area contributed by atoms with Crippen LogP contribution in [0.1, 0.15) is 19.3 Å². The second-order valence-corrected chi connectivity index (χ2v) is 11.6. The number of nitrogens with two attached hydrogens (primary N) is 4. The molecule has 17 heteroatoms. The summed E-state index contributed by atoms with van der Waals surface area (Å²) in [6, 6.07) is -4.06. The lowest BCUT2D eigenvalue weighted by atomic mass is 9.71. The van der Waals surface area contributed by atoms with Crippen molar-refractivity contribution in [3.8, 4) is 0 Å². The standard InChI is InChI=1S/C25H52N6O11/c26-2-1-11(35)6-30-13-4-15(36)16(5-27)40-23(13)18-12(28)3-14(31-10(7-32)8-33)24(21(18)38)42-25-22(39)19(29)20(37)17(9-34)41-25/h10-25,30-39H,1-9,26-29H2. The van der Waals surface area contributed by atoms with Gasteiger partial charge < -0.3 is 88.6 Å². The molecule has 0 amide bonds. The van der Waals surface area contributed by atoms with E-state index < -0.39 is 117 Å². The van der Waals surface area contributed by atoms with Crippen LogP contribution >= 0.6 is 0 Å². The quantitative estimate of drug-likeness (QED) is 0.0865. The molecular formula is C25H52N6O11. The largest absolute Gasteiger partial charge is 0.395 e. The van der Waals surface area contributed by atoms with Crippen molar-refractivity contribution in [1.29, 1.82) is 0 Å². The Labute approximate surface area is 245 Å². The Morgan fingerprint density at radius 1 is 0.881 bits per heavy atom. The molecule has 0 aromatic heterocycles. The van der Waals surface area contributed by atoms with Gasteiger partial charge in [-0.3, -0.25) is 0 Å². The summed E-state index contributed by atoms with van der Waals surface area (Å²) in [6.45, 7) is -1.05. The Kier molecular flexibility index (Phi) is 14.1. The van der Waals surface area contributed by atoms with Crippen molar-refractivity contribution < 1.29 is 55.1 Å². The Morgan fingerprint density at radius 2 is 1.57 bits per heavy atom. The molecule has 0 spiro atoms. The minimum absolute atomic E-state index is 0.00188. The second-order valence-electron chi connectivity index (χ2n) is 11.6. The maximum absolute atomic E-state index is 11.8. The van der Waals surface area contributed by atoms with Gasteiger partial charge in [0, 0.05) is 37.1 Å². The zero-order chi connectivity index (χ0) is 31.1. The highest BCUT2D eigenvalue weighted by atomic mass is 16.7. The highest BCUT2D eigenvalue weighted by Gasteiger charge is 2.54. The summed E-state index contributed by atoms with van der Waals surface area (Å²) in [5.41, 5.74) is 24.0. The molecule has 0 aromatic rings. The van der Waals surface area contributed by atoms with Gasteiger partial charge in [-0.2, -0.15) is 0 Å². The average molecular weight is 613 g/mol.